The first kappa shape index (κ1) is 17.2. The summed E-state index contributed by atoms with van der Waals surface area (Å²) in [7, 11) is 0. The van der Waals surface area contributed by atoms with E-state index in [1.165, 1.54) is 0 Å². The van der Waals surface area contributed by atoms with Crippen molar-refractivity contribution in [3.8, 4) is 0 Å². The number of fused-ring (bicyclic) bond motifs is 1. The van der Waals surface area contributed by atoms with Crippen molar-refractivity contribution in [1.29, 1.82) is 0 Å². The lowest BCUT2D eigenvalue weighted by atomic mass is 9.99. The van der Waals surface area contributed by atoms with E-state index in [0.29, 0.717) is 16.3 Å². The Morgan fingerprint density at radius 1 is 1.16 bits per heavy atom. The molecule has 0 bridgehead atoms. The fourth-order valence-corrected chi connectivity index (χ4v) is 2.77. The van der Waals surface area contributed by atoms with Crippen LogP contribution in [-0.4, -0.2) is 24.3 Å². The molecule has 0 fully saturated rings. The van der Waals surface area contributed by atoms with Gasteiger partial charge in [0.2, 0.25) is 5.91 Å². The van der Waals surface area contributed by atoms with Gasteiger partial charge in [-0.15, -0.1) is 0 Å². The van der Waals surface area contributed by atoms with Gasteiger partial charge < -0.3 is 10.1 Å². The number of hydrogen-bond donors (Lipinski definition) is 1. The second-order valence-corrected chi connectivity index (χ2v) is 6.34. The molecule has 5 nitrogen and oxygen atoms in total. The van der Waals surface area contributed by atoms with Crippen LogP contribution in [-0.2, 0) is 20.7 Å². The monoisotopic (exact) mass is 357 g/mol. The highest BCUT2D eigenvalue weighted by atomic mass is 35.5. The van der Waals surface area contributed by atoms with Crippen molar-refractivity contribution in [2.24, 2.45) is 0 Å². The third-order valence-corrected chi connectivity index (χ3v) is 4.37. The van der Waals surface area contributed by atoms with Crippen LogP contribution >= 0.6 is 11.6 Å². The van der Waals surface area contributed by atoms with E-state index in [2.05, 4.69) is 5.32 Å². The number of hydrogen-bond acceptors (Lipinski definition) is 4. The molecule has 0 saturated carbocycles. The maximum atomic E-state index is 12.2. The third-order valence-electron chi connectivity index (χ3n) is 4.12. The Kier molecular flexibility index (Phi) is 4.86. The molecule has 0 radical (unpaired) electrons. The molecule has 128 valence electrons. The summed E-state index contributed by atoms with van der Waals surface area (Å²) in [4.78, 5) is 35.7. The first-order valence-corrected chi connectivity index (χ1v) is 8.20. The lowest BCUT2D eigenvalue weighted by Gasteiger charge is -2.07. The number of amides is 1. The van der Waals surface area contributed by atoms with Crippen LogP contribution < -0.4 is 5.32 Å². The Labute approximate surface area is 149 Å². The second-order valence-electron chi connectivity index (χ2n) is 5.90. The van der Waals surface area contributed by atoms with Crippen molar-refractivity contribution >= 4 is 34.9 Å². The Balaban J connectivity index is 1.59. The molecular formula is C19H16ClNO4. The molecule has 1 aliphatic heterocycles. The number of carbonyl (C=O) groups excluding carboxylic acids is 3. The summed E-state index contributed by atoms with van der Waals surface area (Å²) in [5, 5.41) is 3.34. The SMILES string of the molecule is C[C@@H]1C(=O)Nc2ccc(C(=O)COC(=O)Cc3ccc(Cl)cc3)cc21. The van der Waals surface area contributed by atoms with Crippen LogP contribution in [0.1, 0.15) is 34.3 Å². The Morgan fingerprint density at radius 2 is 1.88 bits per heavy atom. The summed E-state index contributed by atoms with van der Waals surface area (Å²) in [6, 6.07) is 11.8. The van der Waals surface area contributed by atoms with Crippen LogP contribution in [0.2, 0.25) is 5.02 Å². The van der Waals surface area contributed by atoms with Crippen molar-refractivity contribution in [1.82, 2.24) is 0 Å². The number of esters is 1. The Morgan fingerprint density at radius 3 is 2.60 bits per heavy atom. The minimum atomic E-state index is -0.484. The summed E-state index contributed by atoms with van der Waals surface area (Å²) >= 11 is 5.79. The minimum absolute atomic E-state index is 0.0735. The molecule has 2 aromatic carbocycles. The molecule has 1 atom stereocenters. The first-order valence-electron chi connectivity index (χ1n) is 7.82. The zero-order valence-corrected chi connectivity index (χ0v) is 14.3. The number of Topliss-reactive ketones (excluding diaryl/α,β-unsaturated/α-hetero) is 1. The van der Waals surface area contributed by atoms with E-state index < -0.39 is 5.97 Å². The lowest BCUT2D eigenvalue weighted by molar-refractivity contribution is -0.141. The van der Waals surface area contributed by atoms with Gasteiger partial charge in [0.15, 0.2) is 12.4 Å². The highest BCUT2D eigenvalue weighted by Crippen LogP contribution is 2.32. The van der Waals surface area contributed by atoms with E-state index in [0.717, 1.165) is 11.1 Å². The number of carbonyl (C=O) groups is 3. The topological polar surface area (TPSA) is 72.5 Å². The number of ketones is 1. The van der Waals surface area contributed by atoms with Crippen molar-refractivity contribution < 1.29 is 19.1 Å². The van der Waals surface area contributed by atoms with Gasteiger partial charge in [0, 0.05) is 16.3 Å². The summed E-state index contributed by atoms with van der Waals surface area (Å²) in [5.74, 6) is -1.18. The normalized spacial score (nSPS) is 15.4. The first-order chi connectivity index (χ1) is 11.9. The molecule has 0 aliphatic carbocycles. The van der Waals surface area contributed by atoms with Gasteiger partial charge in [0.05, 0.1) is 12.3 Å². The fraction of sp³-hybridized carbons (Fsp3) is 0.211. The van der Waals surface area contributed by atoms with E-state index in [4.69, 9.17) is 16.3 Å². The van der Waals surface area contributed by atoms with Gasteiger partial charge in [-0.3, -0.25) is 14.4 Å². The predicted octanol–water partition coefficient (Wildman–Crippen LogP) is 3.36. The molecule has 1 aliphatic rings. The molecule has 6 heteroatoms. The molecule has 3 rings (SSSR count). The van der Waals surface area contributed by atoms with Gasteiger partial charge in [0.25, 0.3) is 0 Å². The van der Waals surface area contributed by atoms with E-state index in [-0.39, 0.29) is 30.6 Å². The van der Waals surface area contributed by atoms with Crippen LogP contribution in [0.3, 0.4) is 0 Å². The van der Waals surface area contributed by atoms with E-state index in [1.54, 1.807) is 49.4 Å². The predicted molar refractivity (Wildman–Crippen MR) is 93.9 cm³/mol. The standard InChI is InChI=1S/C19H16ClNO4/c1-11-15-9-13(4-7-16(15)21-19(11)24)17(22)10-25-18(23)8-12-2-5-14(20)6-3-12/h2-7,9,11H,8,10H2,1H3,(H,21,24)/t11-/m0/s1. The second kappa shape index (κ2) is 7.07. The number of ether oxygens (including phenoxy) is 1. The molecule has 0 aromatic heterocycles. The van der Waals surface area contributed by atoms with Gasteiger partial charge in [-0.05, 0) is 48.4 Å². The van der Waals surface area contributed by atoms with Gasteiger partial charge in [-0.1, -0.05) is 23.7 Å². The molecule has 1 heterocycles. The van der Waals surface area contributed by atoms with Crippen molar-refractivity contribution in [2.75, 3.05) is 11.9 Å². The van der Waals surface area contributed by atoms with E-state index >= 15 is 0 Å². The molecule has 0 spiro atoms. The number of rotatable bonds is 5. The minimum Gasteiger partial charge on any atom is -0.457 e. The number of anilines is 1. The van der Waals surface area contributed by atoms with E-state index in [9.17, 15) is 14.4 Å². The number of halogens is 1. The van der Waals surface area contributed by atoms with Gasteiger partial charge in [0.1, 0.15) is 0 Å². The molecule has 0 saturated heterocycles. The summed E-state index contributed by atoms with van der Waals surface area (Å²) in [6.07, 6.45) is 0.0735. The third kappa shape index (κ3) is 3.88. The highest BCUT2D eigenvalue weighted by molar-refractivity contribution is 6.30. The number of benzene rings is 2. The van der Waals surface area contributed by atoms with Crippen LogP contribution in [0.25, 0.3) is 0 Å². The summed E-state index contributed by atoms with van der Waals surface area (Å²) in [6.45, 7) is 1.45. The summed E-state index contributed by atoms with van der Waals surface area (Å²) < 4.78 is 5.06. The van der Waals surface area contributed by atoms with Gasteiger partial charge in [-0.25, -0.2) is 0 Å². The van der Waals surface area contributed by atoms with Crippen molar-refractivity contribution in [3.63, 3.8) is 0 Å². The van der Waals surface area contributed by atoms with Crippen LogP contribution in [0.4, 0.5) is 5.69 Å². The largest absolute Gasteiger partial charge is 0.457 e. The summed E-state index contributed by atoms with van der Waals surface area (Å²) in [5.41, 5.74) is 2.68. The van der Waals surface area contributed by atoms with Crippen LogP contribution in [0.5, 0.6) is 0 Å². The van der Waals surface area contributed by atoms with Crippen LogP contribution in [0, 0.1) is 0 Å². The maximum Gasteiger partial charge on any atom is 0.310 e. The van der Waals surface area contributed by atoms with E-state index in [1.807, 2.05) is 0 Å². The van der Waals surface area contributed by atoms with Gasteiger partial charge in [-0.2, -0.15) is 0 Å². The average molecular weight is 358 g/mol. The molecular weight excluding hydrogens is 342 g/mol. The smallest absolute Gasteiger partial charge is 0.310 e. The Hall–Kier alpha value is -2.66. The molecule has 2 aromatic rings. The zero-order chi connectivity index (χ0) is 18.0. The molecule has 1 N–H and O–H groups in total. The lowest BCUT2D eigenvalue weighted by Crippen LogP contribution is -2.16. The Bertz CT molecular complexity index is 845. The van der Waals surface area contributed by atoms with Gasteiger partial charge >= 0.3 is 5.97 Å². The van der Waals surface area contributed by atoms with Crippen molar-refractivity contribution in [2.45, 2.75) is 19.3 Å². The highest BCUT2D eigenvalue weighted by Gasteiger charge is 2.27. The number of nitrogens with one attached hydrogen (secondary N) is 1. The molecule has 0 unspecified atom stereocenters. The molecule has 25 heavy (non-hydrogen) atoms. The zero-order valence-electron chi connectivity index (χ0n) is 13.5. The van der Waals surface area contributed by atoms with Crippen LogP contribution in [0.15, 0.2) is 42.5 Å². The average Bonchev–Trinajstić information content (AvgIpc) is 2.89. The fourth-order valence-electron chi connectivity index (χ4n) is 2.64. The molecule has 1 amide bonds. The maximum absolute atomic E-state index is 12.2. The van der Waals surface area contributed by atoms with Crippen molar-refractivity contribution in [3.05, 3.63) is 64.2 Å². The quantitative estimate of drug-likeness (QED) is 0.657.